The number of hydrogen-bond acceptors (Lipinski definition) is 3. The number of fused-ring (bicyclic) bond motifs is 2. The molecule has 0 saturated carbocycles. The number of aryl methyl sites for hydroxylation is 3. The highest BCUT2D eigenvalue weighted by molar-refractivity contribution is 5.90. The van der Waals surface area contributed by atoms with Crippen LogP contribution < -0.4 is 9.47 Å². The van der Waals surface area contributed by atoms with Crippen LogP contribution in [0.4, 0.5) is 13.2 Å². The summed E-state index contributed by atoms with van der Waals surface area (Å²) in [5, 5.41) is 2.13. The minimum atomic E-state index is -4.31. The Morgan fingerprint density at radius 2 is 1.55 bits per heavy atom. The van der Waals surface area contributed by atoms with Gasteiger partial charge in [-0.25, -0.2) is 0 Å². The minimum absolute atomic E-state index is 0.515. The van der Waals surface area contributed by atoms with Gasteiger partial charge in [0.05, 0.1) is 5.56 Å². The molecule has 1 aliphatic rings. The van der Waals surface area contributed by atoms with Crippen LogP contribution >= 0.6 is 0 Å². The molecule has 0 atom stereocenters. The molecule has 0 fully saturated rings. The third-order valence-corrected chi connectivity index (χ3v) is 5.17. The van der Waals surface area contributed by atoms with Gasteiger partial charge in [0, 0.05) is 17.3 Å². The van der Waals surface area contributed by atoms with E-state index in [4.69, 9.17) is 9.47 Å². The average molecular weight is 401 g/mol. The first kappa shape index (κ1) is 19.6. The van der Waals surface area contributed by atoms with Gasteiger partial charge in [-0.15, -0.1) is 0 Å². The van der Waals surface area contributed by atoms with Crippen molar-refractivity contribution in [2.45, 2.75) is 38.8 Å². The Morgan fingerprint density at radius 3 is 2.17 bits per heavy atom. The van der Waals surface area contributed by atoms with E-state index in [2.05, 4.69) is 11.9 Å². The fourth-order valence-corrected chi connectivity index (χ4v) is 3.68. The summed E-state index contributed by atoms with van der Waals surface area (Å²) in [5.74, 6) is 1.47. The molecular weight excluding hydrogens is 379 g/mol. The summed E-state index contributed by atoms with van der Waals surface area (Å²) in [4.78, 5) is 4.67. The number of ether oxygens (including phenoxy) is 2. The second-order valence-corrected chi connectivity index (χ2v) is 7.22. The van der Waals surface area contributed by atoms with E-state index in [0.29, 0.717) is 26.1 Å². The summed E-state index contributed by atoms with van der Waals surface area (Å²) in [6.45, 7) is 3.18. The van der Waals surface area contributed by atoms with Crippen molar-refractivity contribution in [2.75, 3.05) is 13.2 Å². The van der Waals surface area contributed by atoms with E-state index < -0.39 is 11.7 Å². The predicted molar refractivity (Wildman–Crippen MR) is 106 cm³/mol. The SMILES string of the molecule is CCCc1cnc(CCc2ccc(C(F)(F)F)cc2)c2cc3c(cc12)OCCO3. The molecule has 2 aromatic carbocycles. The van der Waals surface area contributed by atoms with Crippen LogP contribution in [0.3, 0.4) is 0 Å². The monoisotopic (exact) mass is 401 g/mol. The standard InChI is InChI=1S/C23H22F3NO2/c1-2-3-16-14-27-20(9-6-15-4-7-17(8-5-15)23(24,25)26)19-13-22-21(12-18(16)19)28-10-11-29-22/h4-5,7-8,12-14H,2-3,6,9-11H2,1H3. The zero-order valence-electron chi connectivity index (χ0n) is 16.2. The Bertz CT molecular complexity index is 1010. The van der Waals surface area contributed by atoms with Crippen LogP contribution in [0.25, 0.3) is 10.8 Å². The highest BCUT2D eigenvalue weighted by atomic mass is 19.4. The van der Waals surface area contributed by atoms with E-state index in [0.717, 1.165) is 64.1 Å². The van der Waals surface area contributed by atoms with Gasteiger partial charge in [-0.2, -0.15) is 13.2 Å². The molecule has 0 unspecified atom stereocenters. The molecule has 29 heavy (non-hydrogen) atoms. The molecule has 2 heterocycles. The minimum Gasteiger partial charge on any atom is -0.486 e. The lowest BCUT2D eigenvalue weighted by Crippen LogP contribution is -2.15. The van der Waals surface area contributed by atoms with Crippen LogP contribution in [0.5, 0.6) is 11.5 Å². The Kier molecular flexibility index (Phi) is 5.35. The molecule has 0 N–H and O–H groups in total. The number of benzene rings is 2. The molecule has 1 aliphatic heterocycles. The van der Waals surface area contributed by atoms with E-state index in [1.165, 1.54) is 12.1 Å². The maximum Gasteiger partial charge on any atom is 0.416 e. The van der Waals surface area contributed by atoms with Gasteiger partial charge < -0.3 is 9.47 Å². The molecule has 0 radical (unpaired) electrons. The number of halogens is 3. The van der Waals surface area contributed by atoms with Gasteiger partial charge in [-0.3, -0.25) is 4.98 Å². The van der Waals surface area contributed by atoms with E-state index >= 15 is 0 Å². The quantitative estimate of drug-likeness (QED) is 0.545. The molecule has 0 bridgehead atoms. The van der Waals surface area contributed by atoms with Gasteiger partial charge in [-0.05, 0) is 60.0 Å². The van der Waals surface area contributed by atoms with Gasteiger partial charge in [0.25, 0.3) is 0 Å². The van der Waals surface area contributed by atoms with Crippen molar-refractivity contribution in [2.24, 2.45) is 0 Å². The van der Waals surface area contributed by atoms with Gasteiger partial charge in [0.15, 0.2) is 11.5 Å². The lowest BCUT2D eigenvalue weighted by atomic mass is 9.98. The molecule has 6 heteroatoms. The van der Waals surface area contributed by atoms with Gasteiger partial charge in [-0.1, -0.05) is 25.5 Å². The smallest absolute Gasteiger partial charge is 0.416 e. The van der Waals surface area contributed by atoms with Crippen LogP contribution in [0.1, 0.15) is 35.7 Å². The van der Waals surface area contributed by atoms with Crippen molar-refractivity contribution in [1.29, 1.82) is 0 Å². The maximum absolute atomic E-state index is 12.8. The highest BCUT2D eigenvalue weighted by Crippen LogP contribution is 2.37. The van der Waals surface area contributed by atoms with E-state index in [1.54, 1.807) is 0 Å². The first-order valence-corrected chi connectivity index (χ1v) is 9.82. The predicted octanol–water partition coefficient (Wildman–Crippen LogP) is 5.76. The molecule has 3 nitrogen and oxygen atoms in total. The summed E-state index contributed by atoms with van der Waals surface area (Å²) in [7, 11) is 0. The summed E-state index contributed by atoms with van der Waals surface area (Å²) in [5.41, 5.74) is 2.30. The number of pyridine rings is 1. The summed E-state index contributed by atoms with van der Waals surface area (Å²) >= 11 is 0. The largest absolute Gasteiger partial charge is 0.486 e. The van der Waals surface area contributed by atoms with Crippen LogP contribution in [0.2, 0.25) is 0 Å². The lowest BCUT2D eigenvalue weighted by molar-refractivity contribution is -0.137. The number of rotatable bonds is 5. The summed E-state index contributed by atoms with van der Waals surface area (Å²) in [6.07, 6.45) is 0.769. The normalized spacial score (nSPS) is 13.7. The first-order chi connectivity index (χ1) is 14.0. The van der Waals surface area contributed by atoms with Crippen molar-refractivity contribution in [1.82, 2.24) is 4.98 Å². The van der Waals surface area contributed by atoms with Crippen LogP contribution in [-0.2, 0) is 25.4 Å². The van der Waals surface area contributed by atoms with Crippen LogP contribution in [0.15, 0.2) is 42.6 Å². The van der Waals surface area contributed by atoms with Crippen molar-refractivity contribution in [3.63, 3.8) is 0 Å². The molecule has 4 rings (SSSR count). The fourth-order valence-electron chi connectivity index (χ4n) is 3.68. The Labute approximate surface area is 167 Å². The summed E-state index contributed by atoms with van der Waals surface area (Å²) < 4.78 is 49.7. The van der Waals surface area contributed by atoms with Crippen molar-refractivity contribution in [3.05, 3.63) is 65.0 Å². The first-order valence-electron chi connectivity index (χ1n) is 9.82. The van der Waals surface area contributed by atoms with Crippen molar-refractivity contribution in [3.8, 4) is 11.5 Å². The molecule has 1 aromatic heterocycles. The maximum atomic E-state index is 12.8. The Morgan fingerprint density at radius 1 is 0.897 bits per heavy atom. The third-order valence-electron chi connectivity index (χ3n) is 5.17. The zero-order chi connectivity index (χ0) is 20.4. The molecule has 0 spiro atoms. The number of hydrogen-bond donors (Lipinski definition) is 0. The van der Waals surface area contributed by atoms with E-state index in [9.17, 15) is 13.2 Å². The topological polar surface area (TPSA) is 31.4 Å². The molecule has 3 aromatic rings. The number of aromatic nitrogens is 1. The molecule has 0 amide bonds. The zero-order valence-corrected chi connectivity index (χ0v) is 16.2. The van der Waals surface area contributed by atoms with Gasteiger partial charge in [0.1, 0.15) is 13.2 Å². The number of alkyl halides is 3. The van der Waals surface area contributed by atoms with Gasteiger partial charge >= 0.3 is 6.18 Å². The second-order valence-electron chi connectivity index (χ2n) is 7.22. The van der Waals surface area contributed by atoms with Crippen molar-refractivity contribution < 1.29 is 22.6 Å². The summed E-state index contributed by atoms with van der Waals surface area (Å²) in [6, 6.07) is 9.35. The Balaban J connectivity index is 1.64. The third kappa shape index (κ3) is 4.16. The molecular formula is C23H22F3NO2. The number of nitrogens with zero attached hydrogens (tertiary/aromatic N) is 1. The van der Waals surface area contributed by atoms with Crippen LogP contribution in [0, 0.1) is 0 Å². The highest BCUT2D eigenvalue weighted by Gasteiger charge is 2.29. The fraction of sp³-hybridized carbons (Fsp3) is 0.348. The van der Waals surface area contributed by atoms with Crippen molar-refractivity contribution >= 4 is 10.8 Å². The average Bonchev–Trinajstić information content (AvgIpc) is 2.72. The van der Waals surface area contributed by atoms with Crippen LogP contribution in [-0.4, -0.2) is 18.2 Å². The Hall–Kier alpha value is -2.76. The molecule has 0 aliphatic carbocycles. The van der Waals surface area contributed by atoms with Gasteiger partial charge in [0.2, 0.25) is 0 Å². The van der Waals surface area contributed by atoms with E-state index in [-0.39, 0.29) is 0 Å². The molecule has 152 valence electrons. The lowest BCUT2D eigenvalue weighted by Gasteiger charge is -2.20. The molecule has 0 saturated heterocycles. The van der Waals surface area contributed by atoms with E-state index in [1.807, 2.05) is 18.3 Å². The second kappa shape index (κ2) is 7.93.